The minimum absolute atomic E-state index is 0.189. The molecule has 3 rings (SSSR count). The molecule has 1 aromatic heterocycles. The van der Waals surface area contributed by atoms with E-state index in [1.165, 1.54) is 12.7 Å². The lowest BCUT2D eigenvalue weighted by Crippen LogP contribution is -2.39. The van der Waals surface area contributed by atoms with Gasteiger partial charge in [0.1, 0.15) is 5.82 Å². The number of fused-ring (bicyclic) bond motifs is 1. The Morgan fingerprint density at radius 2 is 2.14 bits per heavy atom. The zero-order valence-electron chi connectivity index (χ0n) is 17.3. The van der Waals surface area contributed by atoms with Gasteiger partial charge < -0.3 is 15.0 Å². The van der Waals surface area contributed by atoms with Crippen LogP contribution in [0.5, 0.6) is 0 Å². The van der Waals surface area contributed by atoms with Crippen LogP contribution in [0, 0.1) is 23.7 Å². The van der Waals surface area contributed by atoms with E-state index in [-0.39, 0.29) is 5.92 Å². The lowest BCUT2D eigenvalue weighted by atomic mass is 9.70. The van der Waals surface area contributed by atoms with Gasteiger partial charge in [-0.2, -0.15) is 0 Å². The molecule has 0 radical (unpaired) electrons. The number of imidazole rings is 1. The first kappa shape index (κ1) is 21.4. The Bertz CT molecular complexity index is 935. The second-order valence-electron chi connectivity index (χ2n) is 8.17. The molecule has 0 saturated carbocycles. The molecule has 2 aromatic rings. The summed E-state index contributed by atoms with van der Waals surface area (Å²) in [6.07, 6.45) is 4.09. The molecule has 2 N–H and O–H groups in total. The predicted molar refractivity (Wildman–Crippen MR) is 114 cm³/mol. The number of nitrogens with one attached hydrogen (secondary N) is 2. The van der Waals surface area contributed by atoms with Crippen LogP contribution in [0.4, 0.5) is 0 Å². The summed E-state index contributed by atoms with van der Waals surface area (Å²) >= 11 is 6.08. The number of aromatic nitrogens is 2. The highest BCUT2D eigenvalue weighted by Gasteiger charge is 2.32. The number of amides is 1. The molecule has 1 aliphatic carbocycles. The molecule has 1 amide bonds. The van der Waals surface area contributed by atoms with E-state index in [1.54, 1.807) is 0 Å². The highest BCUT2D eigenvalue weighted by atomic mass is 35.5. The van der Waals surface area contributed by atoms with Gasteiger partial charge in [-0.1, -0.05) is 37.1 Å². The zero-order valence-corrected chi connectivity index (χ0v) is 18.0. The fourth-order valence-electron chi connectivity index (χ4n) is 4.25. The first-order valence-electron chi connectivity index (χ1n) is 9.97. The van der Waals surface area contributed by atoms with Gasteiger partial charge in [-0.3, -0.25) is 4.79 Å². The summed E-state index contributed by atoms with van der Waals surface area (Å²) in [6.45, 7) is 6.98. The van der Waals surface area contributed by atoms with Gasteiger partial charge in [0.05, 0.1) is 18.1 Å². The molecule has 7 heteroatoms. The molecule has 0 saturated heterocycles. The second kappa shape index (κ2) is 8.99. The number of carbonyl (C=O) groups is 2. The van der Waals surface area contributed by atoms with Crippen molar-refractivity contribution in [1.82, 2.24) is 15.3 Å². The predicted octanol–water partition coefficient (Wildman–Crippen LogP) is 3.90. The molecule has 0 aliphatic heterocycles. The summed E-state index contributed by atoms with van der Waals surface area (Å²) in [7, 11) is 1.21. The van der Waals surface area contributed by atoms with Crippen molar-refractivity contribution in [2.24, 2.45) is 23.7 Å². The average Bonchev–Trinajstić information content (AvgIpc) is 3.08. The quantitative estimate of drug-likeness (QED) is 0.439. The van der Waals surface area contributed by atoms with Crippen molar-refractivity contribution in [1.29, 1.82) is 0 Å². The molecule has 156 valence electrons. The summed E-state index contributed by atoms with van der Waals surface area (Å²) in [5.74, 6) is 0.840. The largest absolute Gasteiger partial charge is 0.462 e. The van der Waals surface area contributed by atoms with Crippen LogP contribution in [0.1, 0.15) is 33.0 Å². The fourth-order valence-corrected chi connectivity index (χ4v) is 4.42. The Labute approximate surface area is 176 Å². The number of aromatic amines is 1. The number of ether oxygens (including phenoxy) is 1. The van der Waals surface area contributed by atoms with Crippen LogP contribution < -0.4 is 5.32 Å². The number of esters is 1. The third-order valence-electron chi connectivity index (χ3n) is 5.89. The number of benzene rings is 1. The molecule has 1 heterocycles. The van der Waals surface area contributed by atoms with Crippen molar-refractivity contribution < 1.29 is 14.3 Å². The van der Waals surface area contributed by atoms with E-state index in [0.717, 1.165) is 29.7 Å². The molecule has 3 atom stereocenters. The third-order valence-corrected chi connectivity index (χ3v) is 6.12. The number of rotatable bonds is 5. The lowest BCUT2D eigenvalue weighted by Gasteiger charge is -2.37. The third kappa shape index (κ3) is 4.99. The van der Waals surface area contributed by atoms with Crippen LogP contribution in [0.25, 0.3) is 11.0 Å². The minimum Gasteiger partial charge on any atom is -0.462 e. The van der Waals surface area contributed by atoms with Crippen molar-refractivity contribution in [3.63, 3.8) is 0 Å². The van der Waals surface area contributed by atoms with Crippen LogP contribution in [0.2, 0.25) is 5.02 Å². The summed E-state index contributed by atoms with van der Waals surface area (Å²) in [4.78, 5) is 31.2. The van der Waals surface area contributed by atoms with Gasteiger partial charge in [0.25, 0.3) is 0 Å². The van der Waals surface area contributed by atoms with E-state index >= 15 is 0 Å². The van der Waals surface area contributed by atoms with Gasteiger partial charge in [-0.05, 0) is 55.2 Å². The zero-order chi connectivity index (χ0) is 21.1. The Morgan fingerprint density at radius 3 is 2.83 bits per heavy atom. The number of methoxy groups -OCH3 is 1. The summed E-state index contributed by atoms with van der Waals surface area (Å²) in [6, 6.07) is 5.67. The van der Waals surface area contributed by atoms with E-state index in [4.69, 9.17) is 16.6 Å². The van der Waals surface area contributed by atoms with E-state index in [9.17, 15) is 9.59 Å². The van der Waals surface area contributed by atoms with Crippen LogP contribution in [0.3, 0.4) is 0 Å². The van der Waals surface area contributed by atoms with E-state index in [0.29, 0.717) is 29.3 Å². The molecule has 29 heavy (non-hydrogen) atoms. The summed E-state index contributed by atoms with van der Waals surface area (Å²) < 4.78 is 4.48. The highest BCUT2D eigenvalue weighted by Crippen LogP contribution is 2.38. The Kier molecular flexibility index (Phi) is 6.63. The number of H-pyrrole nitrogens is 1. The number of carbonyl (C=O) groups excluding carboxylic acids is 2. The first-order chi connectivity index (χ1) is 13.8. The maximum absolute atomic E-state index is 11.8. The van der Waals surface area contributed by atoms with Crippen molar-refractivity contribution >= 4 is 34.5 Å². The average molecular weight is 418 g/mol. The van der Waals surface area contributed by atoms with Gasteiger partial charge >= 0.3 is 11.9 Å². The Balaban J connectivity index is 1.73. The smallest absolute Gasteiger partial charge is 0.396 e. The summed E-state index contributed by atoms with van der Waals surface area (Å²) in [5.41, 5.74) is 3.16. The van der Waals surface area contributed by atoms with Gasteiger partial charge in [-0.25, -0.2) is 9.78 Å². The molecule has 0 unspecified atom stereocenters. The molecule has 0 spiro atoms. The van der Waals surface area contributed by atoms with E-state index in [2.05, 4.69) is 41.9 Å². The maximum Gasteiger partial charge on any atom is 0.396 e. The summed E-state index contributed by atoms with van der Waals surface area (Å²) in [5, 5.41) is 3.40. The SMILES string of the molecule is COC(=O)C(=O)NC[C@@H]1C=C(C)[C@H](Cc2nc3ccc(Cl)cc3[nH]2)C[C@H]1C(C)C. The molecular weight excluding hydrogens is 390 g/mol. The Hall–Kier alpha value is -2.34. The van der Waals surface area contributed by atoms with Crippen molar-refractivity contribution in [3.05, 3.63) is 40.7 Å². The molecule has 6 nitrogen and oxygen atoms in total. The number of allylic oxidation sites excluding steroid dienone is 1. The highest BCUT2D eigenvalue weighted by molar-refractivity contribution is 6.32. The second-order valence-corrected chi connectivity index (χ2v) is 8.60. The monoisotopic (exact) mass is 417 g/mol. The van der Waals surface area contributed by atoms with E-state index in [1.807, 2.05) is 18.2 Å². The van der Waals surface area contributed by atoms with Crippen molar-refractivity contribution in [2.75, 3.05) is 13.7 Å². The minimum atomic E-state index is -0.856. The molecule has 1 aliphatic rings. The van der Waals surface area contributed by atoms with E-state index < -0.39 is 11.9 Å². The molecule has 1 aromatic carbocycles. The Morgan fingerprint density at radius 1 is 1.38 bits per heavy atom. The number of hydrogen-bond acceptors (Lipinski definition) is 4. The lowest BCUT2D eigenvalue weighted by molar-refractivity contribution is -0.152. The normalized spacial score (nSPS) is 21.9. The van der Waals surface area contributed by atoms with Gasteiger partial charge in [0.2, 0.25) is 0 Å². The van der Waals surface area contributed by atoms with Crippen LogP contribution in [-0.4, -0.2) is 35.5 Å². The van der Waals surface area contributed by atoms with Gasteiger partial charge in [0, 0.05) is 18.0 Å². The van der Waals surface area contributed by atoms with Gasteiger partial charge in [0.15, 0.2) is 0 Å². The molecular formula is C22H28ClN3O3. The van der Waals surface area contributed by atoms with Crippen molar-refractivity contribution in [3.8, 4) is 0 Å². The number of nitrogens with zero attached hydrogens (tertiary/aromatic N) is 1. The maximum atomic E-state index is 11.8. The van der Waals surface area contributed by atoms with Crippen LogP contribution in [0.15, 0.2) is 29.8 Å². The first-order valence-corrected chi connectivity index (χ1v) is 10.3. The standard InChI is InChI=1S/C22H28ClN3O3/c1-12(2)17-8-14(9-20-25-18-6-5-16(23)10-19(18)26-20)13(3)7-15(17)11-24-21(27)22(28)29-4/h5-7,10,12,14-15,17H,8-9,11H2,1-4H3,(H,24,27)(H,25,26)/t14-,15-,17-/m0/s1. The van der Waals surface area contributed by atoms with Crippen LogP contribution >= 0.6 is 11.6 Å². The number of halogens is 1. The molecule has 0 fully saturated rings. The molecule has 0 bridgehead atoms. The van der Waals surface area contributed by atoms with Crippen molar-refractivity contribution in [2.45, 2.75) is 33.6 Å². The fraction of sp³-hybridized carbons (Fsp3) is 0.500. The number of hydrogen-bond donors (Lipinski definition) is 2. The topological polar surface area (TPSA) is 84.1 Å². The van der Waals surface area contributed by atoms with Gasteiger partial charge in [-0.15, -0.1) is 0 Å². The van der Waals surface area contributed by atoms with Crippen LogP contribution in [-0.2, 0) is 20.7 Å².